The maximum atomic E-state index is 11.9. The smallest absolute Gasteiger partial charge is 0.320 e. The Morgan fingerprint density at radius 1 is 1.40 bits per heavy atom. The first-order valence-corrected chi connectivity index (χ1v) is 5.33. The van der Waals surface area contributed by atoms with E-state index < -0.39 is 11.4 Å². The number of esters is 1. The quantitative estimate of drug-likeness (QED) is 0.510. The molecule has 0 aromatic rings. The van der Waals surface area contributed by atoms with Gasteiger partial charge in [-0.2, -0.15) is 0 Å². The maximum Gasteiger partial charge on any atom is 0.320 e. The number of Topliss-reactive ketones (excluding diaryl/α,β-unsaturated/α-hetero) is 2. The molecule has 0 N–H and O–H groups in total. The molecule has 0 amide bonds. The van der Waals surface area contributed by atoms with Crippen LogP contribution in [0.15, 0.2) is 0 Å². The third-order valence-electron chi connectivity index (χ3n) is 3.08. The molecule has 2 aliphatic carbocycles. The highest BCUT2D eigenvalue weighted by Crippen LogP contribution is 2.47. The van der Waals surface area contributed by atoms with Crippen molar-refractivity contribution >= 4 is 17.5 Å². The highest BCUT2D eigenvalue weighted by Gasteiger charge is 2.59. The predicted molar refractivity (Wildman–Crippen MR) is 51.0 cm³/mol. The van der Waals surface area contributed by atoms with Gasteiger partial charge >= 0.3 is 5.97 Å². The highest BCUT2D eigenvalue weighted by molar-refractivity contribution is 6.15. The van der Waals surface area contributed by atoms with Crippen molar-refractivity contribution in [3.8, 4) is 0 Å². The molecule has 0 spiro atoms. The molecule has 4 nitrogen and oxygen atoms in total. The Morgan fingerprint density at radius 2 is 2.00 bits per heavy atom. The van der Waals surface area contributed by atoms with E-state index in [1.807, 2.05) is 0 Å². The van der Waals surface area contributed by atoms with Crippen LogP contribution in [0.1, 0.15) is 32.6 Å². The second-order valence-corrected chi connectivity index (χ2v) is 4.33. The normalized spacial score (nSPS) is 23.1. The molecule has 2 rings (SSSR count). The summed E-state index contributed by atoms with van der Waals surface area (Å²) in [6.07, 6.45) is 1.82. The lowest BCUT2D eigenvalue weighted by Gasteiger charge is -2.36. The molecule has 15 heavy (non-hydrogen) atoms. The molecule has 0 atom stereocenters. The van der Waals surface area contributed by atoms with Crippen molar-refractivity contribution < 1.29 is 19.1 Å². The van der Waals surface area contributed by atoms with Crippen LogP contribution in [0.3, 0.4) is 0 Å². The molecule has 0 aliphatic heterocycles. The van der Waals surface area contributed by atoms with Crippen LogP contribution < -0.4 is 0 Å². The molecule has 0 radical (unpaired) electrons. The van der Waals surface area contributed by atoms with E-state index in [1.165, 1.54) is 0 Å². The van der Waals surface area contributed by atoms with Gasteiger partial charge in [-0.1, -0.05) is 0 Å². The number of hydrogen-bond acceptors (Lipinski definition) is 4. The van der Waals surface area contributed by atoms with E-state index in [-0.39, 0.29) is 36.9 Å². The summed E-state index contributed by atoms with van der Waals surface area (Å²) in [6.45, 7) is 1.96. The summed E-state index contributed by atoms with van der Waals surface area (Å²) in [6, 6.07) is 0. The van der Waals surface area contributed by atoms with Crippen molar-refractivity contribution in [3.63, 3.8) is 0 Å². The zero-order valence-corrected chi connectivity index (χ0v) is 8.75. The van der Waals surface area contributed by atoms with E-state index in [4.69, 9.17) is 4.74 Å². The summed E-state index contributed by atoms with van der Waals surface area (Å²) in [4.78, 5) is 34.6. The lowest BCUT2D eigenvalue weighted by atomic mass is 9.64. The van der Waals surface area contributed by atoms with Gasteiger partial charge in [0.2, 0.25) is 0 Å². The van der Waals surface area contributed by atoms with Gasteiger partial charge in [0.05, 0.1) is 6.61 Å². The van der Waals surface area contributed by atoms with Gasteiger partial charge in [-0.15, -0.1) is 0 Å². The van der Waals surface area contributed by atoms with Crippen molar-refractivity contribution in [1.82, 2.24) is 0 Å². The predicted octanol–water partition coefficient (Wildman–Crippen LogP) is 0.878. The molecule has 0 bridgehead atoms. The van der Waals surface area contributed by atoms with Crippen molar-refractivity contribution in [3.05, 3.63) is 0 Å². The van der Waals surface area contributed by atoms with E-state index in [9.17, 15) is 14.4 Å². The van der Waals surface area contributed by atoms with E-state index in [1.54, 1.807) is 6.92 Å². The molecule has 4 heteroatoms. The average Bonchev–Trinajstić information content (AvgIpc) is 2.94. The molecular formula is C11H14O4. The summed E-state index contributed by atoms with van der Waals surface area (Å²) in [7, 11) is 0. The summed E-state index contributed by atoms with van der Waals surface area (Å²) in [5, 5.41) is 0. The minimum absolute atomic E-state index is 0.00232. The average molecular weight is 210 g/mol. The van der Waals surface area contributed by atoms with Gasteiger partial charge in [-0.3, -0.25) is 14.4 Å². The molecular weight excluding hydrogens is 196 g/mol. The Morgan fingerprint density at radius 3 is 2.40 bits per heavy atom. The van der Waals surface area contributed by atoms with E-state index in [0.717, 1.165) is 12.8 Å². The van der Waals surface area contributed by atoms with Crippen LogP contribution >= 0.6 is 0 Å². The van der Waals surface area contributed by atoms with Crippen LogP contribution in [0.25, 0.3) is 0 Å². The molecule has 2 fully saturated rings. The minimum Gasteiger partial charge on any atom is -0.465 e. The van der Waals surface area contributed by atoms with Gasteiger partial charge in [0.1, 0.15) is 11.2 Å². The van der Waals surface area contributed by atoms with Gasteiger partial charge in [0, 0.05) is 18.8 Å². The van der Waals surface area contributed by atoms with E-state index in [2.05, 4.69) is 0 Å². The second kappa shape index (κ2) is 3.43. The van der Waals surface area contributed by atoms with Crippen LogP contribution in [-0.2, 0) is 19.1 Å². The number of carbonyl (C=O) groups is 3. The van der Waals surface area contributed by atoms with Crippen molar-refractivity contribution in [1.29, 1.82) is 0 Å². The fraction of sp³-hybridized carbons (Fsp3) is 0.727. The largest absolute Gasteiger partial charge is 0.465 e. The van der Waals surface area contributed by atoms with Gasteiger partial charge in [-0.05, 0) is 19.8 Å². The van der Waals surface area contributed by atoms with E-state index >= 15 is 0 Å². The Hall–Kier alpha value is -1.19. The Bertz CT molecular complexity index is 319. The number of ketones is 2. The number of rotatable bonds is 4. The Balaban J connectivity index is 2.13. The van der Waals surface area contributed by atoms with Crippen molar-refractivity contribution in [2.75, 3.05) is 6.61 Å². The van der Waals surface area contributed by atoms with Crippen LogP contribution in [0.2, 0.25) is 0 Å². The van der Waals surface area contributed by atoms with Crippen molar-refractivity contribution in [2.45, 2.75) is 32.6 Å². The molecule has 0 aromatic carbocycles. The van der Waals surface area contributed by atoms with Crippen molar-refractivity contribution in [2.24, 2.45) is 11.3 Å². The summed E-state index contributed by atoms with van der Waals surface area (Å²) >= 11 is 0. The maximum absolute atomic E-state index is 11.9. The summed E-state index contributed by atoms with van der Waals surface area (Å²) in [5.41, 5.74) is -1.10. The Labute approximate surface area is 88.0 Å². The fourth-order valence-corrected chi connectivity index (χ4v) is 2.05. The van der Waals surface area contributed by atoms with Gasteiger partial charge in [-0.25, -0.2) is 0 Å². The molecule has 2 aliphatic rings. The Kier molecular flexibility index (Phi) is 2.37. The van der Waals surface area contributed by atoms with Crippen LogP contribution in [-0.4, -0.2) is 24.1 Å². The van der Waals surface area contributed by atoms with Crippen LogP contribution in [0.4, 0.5) is 0 Å². The van der Waals surface area contributed by atoms with E-state index in [0.29, 0.717) is 0 Å². The first-order chi connectivity index (χ1) is 7.10. The third-order valence-corrected chi connectivity index (χ3v) is 3.08. The first-order valence-electron chi connectivity index (χ1n) is 5.33. The zero-order valence-electron chi connectivity index (χ0n) is 8.75. The fourth-order valence-electron chi connectivity index (χ4n) is 2.05. The lowest BCUT2D eigenvalue weighted by molar-refractivity contribution is -0.170. The molecule has 82 valence electrons. The van der Waals surface area contributed by atoms with Gasteiger partial charge in [0.25, 0.3) is 0 Å². The molecule has 0 saturated heterocycles. The summed E-state index contributed by atoms with van der Waals surface area (Å²) in [5.74, 6) is -0.582. The lowest BCUT2D eigenvalue weighted by Crippen LogP contribution is -2.51. The summed E-state index contributed by atoms with van der Waals surface area (Å²) < 4.78 is 4.88. The molecule has 0 aromatic heterocycles. The van der Waals surface area contributed by atoms with Crippen LogP contribution in [0.5, 0.6) is 0 Å². The molecule has 0 heterocycles. The van der Waals surface area contributed by atoms with Crippen LogP contribution in [0, 0.1) is 11.3 Å². The number of ether oxygens (including phenoxy) is 1. The number of carbonyl (C=O) groups excluding carboxylic acids is 3. The zero-order chi connectivity index (χ0) is 11.1. The van der Waals surface area contributed by atoms with Gasteiger partial charge in [0.15, 0.2) is 5.78 Å². The third kappa shape index (κ3) is 1.58. The topological polar surface area (TPSA) is 60.4 Å². The molecule has 0 unspecified atom stereocenters. The highest BCUT2D eigenvalue weighted by atomic mass is 16.5. The monoisotopic (exact) mass is 210 g/mol. The second-order valence-electron chi connectivity index (χ2n) is 4.33. The molecule has 2 saturated carbocycles. The first kappa shape index (κ1) is 10.3. The number of hydrogen-bond donors (Lipinski definition) is 0. The van der Waals surface area contributed by atoms with Gasteiger partial charge < -0.3 is 4.74 Å². The standard InChI is InChI=1S/C11H14O4/c1-2-15-10(14)11(5-8(12)6-11)9(13)7-3-4-7/h7H,2-6H2,1H3. The SMILES string of the molecule is CCOC(=O)C1(C(=O)C2CC2)CC(=O)C1. The minimum atomic E-state index is -1.10.